The quantitative estimate of drug-likeness (QED) is 0.247. The van der Waals surface area contributed by atoms with Gasteiger partial charge in [-0.2, -0.15) is 0 Å². The van der Waals surface area contributed by atoms with Crippen molar-refractivity contribution in [1.29, 1.82) is 0 Å². The van der Waals surface area contributed by atoms with Crippen molar-refractivity contribution in [3.8, 4) is 0 Å². The molecule has 19 heavy (non-hydrogen) atoms. The maximum Gasteiger partial charge on any atom is 0.361 e. The van der Waals surface area contributed by atoms with Crippen molar-refractivity contribution < 1.29 is 23.9 Å². The number of benzene rings is 1. The normalized spacial score (nSPS) is 12.5. The lowest BCUT2D eigenvalue weighted by Gasteiger charge is -2.13. The molecule has 0 saturated heterocycles. The molecule has 0 aliphatic rings. The fraction of sp³-hybridized carbons (Fsp3) is 0.200. The summed E-state index contributed by atoms with van der Waals surface area (Å²) in [5.41, 5.74) is 10.7. The van der Waals surface area contributed by atoms with Crippen LogP contribution in [0.2, 0.25) is 0 Å². The summed E-state index contributed by atoms with van der Waals surface area (Å²) in [6, 6.07) is 8.64. The lowest BCUT2D eigenvalue weighted by molar-refractivity contribution is -0.144. The topological polar surface area (TPSA) is 148 Å². The molecular formula is C10H14N3O5P. The van der Waals surface area contributed by atoms with Crippen molar-refractivity contribution in [2.75, 3.05) is 0 Å². The van der Waals surface area contributed by atoms with Crippen LogP contribution < -0.4 is 11.5 Å². The summed E-state index contributed by atoms with van der Waals surface area (Å²) in [7, 11) is -4.83. The van der Waals surface area contributed by atoms with E-state index in [-0.39, 0.29) is 6.61 Å². The average molecular weight is 287 g/mol. The maximum atomic E-state index is 11.6. The SMILES string of the molecule is NC(N)=NC(C(=O)OCc1ccccc1)P(=O)(O)O. The predicted molar refractivity (Wildman–Crippen MR) is 67.9 cm³/mol. The molecule has 1 aromatic carbocycles. The Balaban J connectivity index is 2.74. The number of carbonyl (C=O) groups is 1. The molecule has 0 spiro atoms. The fourth-order valence-corrected chi connectivity index (χ4v) is 1.84. The third-order valence-electron chi connectivity index (χ3n) is 2.02. The van der Waals surface area contributed by atoms with E-state index in [4.69, 9.17) is 26.0 Å². The van der Waals surface area contributed by atoms with Crippen LogP contribution in [0.5, 0.6) is 0 Å². The molecule has 0 aliphatic carbocycles. The Morgan fingerprint density at radius 1 is 1.32 bits per heavy atom. The highest BCUT2D eigenvalue weighted by molar-refractivity contribution is 7.53. The van der Waals surface area contributed by atoms with Crippen LogP contribution in [-0.4, -0.2) is 27.5 Å². The summed E-state index contributed by atoms with van der Waals surface area (Å²) in [6.45, 7) is -0.129. The molecule has 0 heterocycles. The Morgan fingerprint density at radius 3 is 2.37 bits per heavy atom. The highest BCUT2D eigenvalue weighted by atomic mass is 31.2. The molecule has 0 radical (unpaired) electrons. The number of ether oxygens (including phenoxy) is 1. The molecule has 6 N–H and O–H groups in total. The molecule has 1 atom stereocenters. The summed E-state index contributed by atoms with van der Waals surface area (Å²) in [5.74, 6) is -3.84. The largest absolute Gasteiger partial charge is 0.459 e. The second-order valence-corrected chi connectivity index (χ2v) is 5.28. The first-order valence-electron chi connectivity index (χ1n) is 5.15. The molecule has 0 amide bonds. The van der Waals surface area contributed by atoms with Crippen molar-refractivity contribution in [2.24, 2.45) is 16.5 Å². The van der Waals surface area contributed by atoms with Gasteiger partial charge in [0.1, 0.15) is 6.61 Å². The van der Waals surface area contributed by atoms with Gasteiger partial charge in [0, 0.05) is 0 Å². The third-order valence-corrected chi connectivity index (χ3v) is 2.99. The van der Waals surface area contributed by atoms with Gasteiger partial charge in [0.15, 0.2) is 5.96 Å². The van der Waals surface area contributed by atoms with Gasteiger partial charge in [-0.05, 0) is 5.56 Å². The first-order valence-corrected chi connectivity index (χ1v) is 6.83. The Morgan fingerprint density at radius 2 is 1.89 bits per heavy atom. The third kappa shape index (κ3) is 5.09. The molecule has 1 rings (SSSR count). The van der Waals surface area contributed by atoms with Gasteiger partial charge < -0.3 is 26.0 Å². The van der Waals surface area contributed by atoms with Crippen molar-refractivity contribution in [3.63, 3.8) is 0 Å². The smallest absolute Gasteiger partial charge is 0.361 e. The van der Waals surface area contributed by atoms with Gasteiger partial charge in [-0.15, -0.1) is 0 Å². The van der Waals surface area contributed by atoms with E-state index in [1.807, 2.05) is 0 Å². The monoisotopic (exact) mass is 287 g/mol. The number of rotatable bonds is 5. The molecule has 9 heteroatoms. The second-order valence-electron chi connectivity index (χ2n) is 3.61. The first-order chi connectivity index (χ1) is 8.80. The number of esters is 1. The van der Waals surface area contributed by atoms with Crippen LogP contribution >= 0.6 is 7.60 Å². The zero-order chi connectivity index (χ0) is 14.5. The number of hydrogen-bond acceptors (Lipinski definition) is 4. The van der Waals surface area contributed by atoms with Gasteiger partial charge in [0.2, 0.25) is 0 Å². The van der Waals surface area contributed by atoms with Crippen molar-refractivity contribution >= 4 is 19.5 Å². The Hall–Kier alpha value is -1.89. The summed E-state index contributed by atoms with van der Waals surface area (Å²) in [5, 5.41) is 0. The predicted octanol–water partition coefficient (Wildman–Crippen LogP) is -0.493. The average Bonchev–Trinajstić information content (AvgIpc) is 2.33. The van der Waals surface area contributed by atoms with E-state index in [9.17, 15) is 9.36 Å². The minimum atomic E-state index is -4.83. The zero-order valence-electron chi connectivity index (χ0n) is 9.84. The number of carbonyl (C=O) groups excluding carboxylic acids is 1. The van der Waals surface area contributed by atoms with E-state index >= 15 is 0 Å². The molecule has 0 fully saturated rings. The maximum absolute atomic E-state index is 11.6. The van der Waals surface area contributed by atoms with Crippen LogP contribution in [0.1, 0.15) is 5.56 Å². The number of nitrogens with two attached hydrogens (primary N) is 2. The van der Waals surface area contributed by atoms with Gasteiger partial charge in [-0.1, -0.05) is 30.3 Å². The van der Waals surface area contributed by atoms with Gasteiger partial charge in [-0.25, -0.2) is 9.79 Å². The van der Waals surface area contributed by atoms with Gasteiger partial charge >= 0.3 is 13.6 Å². The highest BCUT2D eigenvalue weighted by Crippen LogP contribution is 2.42. The van der Waals surface area contributed by atoms with Crippen LogP contribution in [0.25, 0.3) is 0 Å². The minimum absolute atomic E-state index is 0.129. The van der Waals surface area contributed by atoms with Crippen molar-refractivity contribution in [1.82, 2.24) is 0 Å². The Kier molecular flexibility index (Phi) is 5.05. The van der Waals surface area contributed by atoms with Crippen LogP contribution in [0.15, 0.2) is 35.3 Å². The van der Waals surface area contributed by atoms with Crippen LogP contribution in [0, 0.1) is 0 Å². The van der Waals surface area contributed by atoms with Crippen LogP contribution in [0.3, 0.4) is 0 Å². The minimum Gasteiger partial charge on any atom is -0.459 e. The molecule has 0 aliphatic heterocycles. The van der Waals surface area contributed by atoms with Gasteiger partial charge in [0.25, 0.3) is 5.78 Å². The summed E-state index contributed by atoms with van der Waals surface area (Å²) in [6.07, 6.45) is 0. The number of hydrogen-bond donors (Lipinski definition) is 4. The van der Waals surface area contributed by atoms with E-state index in [0.717, 1.165) is 0 Å². The van der Waals surface area contributed by atoms with E-state index in [0.29, 0.717) is 5.56 Å². The second kappa shape index (κ2) is 6.33. The van der Waals surface area contributed by atoms with Crippen molar-refractivity contribution in [3.05, 3.63) is 35.9 Å². The van der Waals surface area contributed by atoms with E-state index in [2.05, 4.69) is 4.99 Å². The van der Waals surface area contributed by atoms with Crippen LogP contribution in [-0.2, 0) is 20.7 Å². The fourth-order valence-electron chi connectivity index (χ4n) is 1.21. The summed E-state index contributed by atoms with van der Waals surface area (Å²) in [4.78, 5) is 32.7. The number of guanidine groups is 1. The van der Waals surface area contributed by atoms with Gasteiger partial charge in [0.05, 0.1) is 0 Å². The number of aliphatic imine (C=N–C) groups is 1. The van der Waals surface area contributed by atoms with E-state index < -0.39 is 25.3 Å². The Labute approximate surface area is 109 Å². The standard InChI is InChI=1S/C10H14N3O5P/c11-10(12)13-8(19(15,16)17)9(14)18-6-7-4-2-1-3-5-7/h1-5,8H,6H2,(H4,11,12,13)(H2,15,16,17). The molecule has 1 aromatic rings. The highest BCUT2D eigenvalue weighted by Gasteiger charge is 2.37. The molecule has 0 bridgehead atoms. The summed E-state index contributed by atoms with van der Waals surface area (Å²) >= 11 is 0. The van der Waals surface area contributed by atoms with Crippen LogP contribution in [0.4, 0.5) is 0 Å². The number of nitrogens with zero attached hydrogens (tertiary/aromatic N) is 1. The zero-order valence-corrected chi connectivity index (χ0v) is 10.7. The molecule has 104 valence electrons. The lowest BCUT2D eigenvalue weighted by atomic mass is 10.2. The first kappa shape index (κ1) is 15.2. The molecular weight excluding hydrogens is 273 g/mol. The van der Waals surface area contributed by atoms with Gasteiger partial charge in [-0.3, -0.25) is 4.57 Å². The molecule has 0 saturated carbocycles. The Bertz CT molecular complexity index is 509. The van der Waals surface area contributed by atoms with E-state index in [1.165, 1.54) is 0 Å². The summed E-state index contributed by atoms with van der Waals surface area (Å²) < 4.78 is 15.9. The molecule has 1 unspecified atom stereocenters. The molecule has 8 nitrogen and oxygen atoms in total. The lowest BCUT2D eigenvalue weighted by Crippen LogP contribution is -2.30. The van der Waals surface area contributed by atoms with E-state index in [1.54, 1.807) is 30.3 Å². The molecule has 0 aromatic heterocycles. The van der Waals surface area contributed by atoms with Crippen molar-refractivity contribution in [2.45, 2.75) is 12.4 Å².